The number of ether oxygens (including phenoxy) is 1. The third-order valence-corrected chi connectivity index (χ3v) is 4.46. The van der Waals surface area contributed by atoms with Gasteiger partial charge in [0.15, 0.2) is 5.82 Å². The number of aliphatic hydroxyl groups excluding tert-OH is 1. The van der Waals surface area contributed by atoms with Gasteiger partial charge in [0.2, 0.25) is 0 Å². The summed E-state index contributed by atoms with van der Waals surface area (Å²) in [6, 6.07) is 1.74. The highest BCUT2D eigenvalue weighted by molar-refractivity contribution is 5.95. The Kier molecular flexibility index (Phi) is 4.67. The van der Waals surface area contributed by atoms with Gasteiger partial charge in [-0.05, 0) is 12.8 Å². The quantitative estimate of drug-likeness (QED) is 0.846. The minimum Gasteiger partial charge on any atom is -0.497 e. The minimum absolute atomic E-state index is 0.0113. The summed E-state index contributed by atoms with van der Waals surface area (Å²) >= 11 is 0. The van der Waals surface area contributed by atoms with E-state index >= 15 is 0 Å². The van der Waals surface area contributed by atoms with Crippen LogP contribution in [0, 0.1) is 11.6 Å². The molecule has 3 rings (SSSR count). The van der Waals surface area contributed by atoms with E-state index in [4.69, 9.17) is 9.84 Å². The van der Waals surface area contributed by atoms with E-state index in [0.29, 0.717) is 18.7 Å². The van der Waals surface area contributed by atoms with Crippen LogP contribution in [0.2, 0.25) is 0 Å². The number of aromatic nitrogens is 3. The van der Waals surface area contributed by atoms with E-state index in [0.717, 1.165) is 18.0 Å². The molecule has 1 aromatic heterocycles. The maximum Gasteiger partial charge on any atom is 0.257 e. The summed E-state index contributed by atoms with van der Waals surface area (Å²) in [5.41, 5.74) is -0.620. The van der Waals surface area contributed by atoms with E-state index < -0.39 is 23.1 Å². The van der Waals surface area contributed by atoms with Gasteiger partial charge in [0.05, 0.1) is 7.11 Å². The van der Waals surface area contributed by atoms with Crippen LogP contribution in [0.25, 0.3) is 0 Å². The Morgan fingerprint density at radius 1 is 1.36 bits per heavy atom. The highest BCUT2D eigenvalue weighted by atomic mass is 19.1. The average molecular weight is 352 g/mol. The van der Waals surface area contributed by atoms with E-state index in [9.17, 15) is 13.6 Å². The average Bonchev–Trinajstić information content (AvgIpc) is 2.90. The van der Waals surface area contributed by atoms with Gasteiger partial charge in [-0.1, -0.05) is 0 Å². The fraction of sp³-hybridized carbons (Fsp3) is 0.438. The molecule has 0 unspecified atom stereocenters. The lowest BCUT2D eigenvalue weighted by Crippen LogP contribution is -2.44. The number of amides is 1. The number of nitrogens with one attached hydrogen (secondary N) is 1. The van der Waals surface area contributed by atoms with E-state index in [2.05, 4.69) is 15.5 Å². The highest BCUT2D eigenvalue weighted by Gasteiger charge is 2.35. The molecule has 2 aromatic rings. The first-order chi connectivity index (χ1) is 11.9. The van der Waals surface area contributed by atoms with Crippen molar-refractivity contribution in [2.45, 2.75) is 31.4 Å². The Hall–Kier alpha value is -2.55. The van der Waals surface area contributed by atoms with E-state index in [-0.39, 0.29) is 24.3 Å². The molecule has 0 atom stereocenters. The largest absolute Gasteiger partial charge is 0.497 e. The summed E-state index contributed by atoms with van der Waals surface area (Å²) < 4.78 is 34.3. The molecule has 134 valence electrons. The molecule has 0 radical (unpaired) electrons. The van der Waals surface area contributed by atoms with E-state index in [1.807, 2.05) is 0 Å². The zero-order chi connectivity index (χ0) is 18.1. The molecule has 25 heavy (non-hydrogen) atoms. The van der Waals surface area contributed by atoms with Gasteiger partial charge in [0.1, 0.15) is 35.4 Å². The van der Waals surface area contributed by atoms with Crippen molar-refractivity contribution < 1.29 is 23.4 Å². The molecule has 0 saturated heterocycles. The first kappa shape index (κ1) is 17.3. The van der Waals surface area contributed by atoms with Gasteiger partial charge in [-0.3, -0.25) is 4.79 Å². The zero-order valence-electron chi connectivity index (χ0n) is 13.8. The van der Waals surface area contributed by atoms with Crippen LogP contribution in [0.15, 0.2) is 12.1 Å². The van der Waals surface area contributed by atoms with Crippen molar-refractivity contribution in [3.63, 3.8) is 0 Å². The number of carbonyl (C=O) groups is 1. The van der Waals surface area contributed by atoms with Gasteiger partial charge < -0.3 is 19.7 Å². The Bertz CT molecular complexity index is 780. The molecule has 1 heterocycles. The highest BCUT2D eigenvalue weighted by Crippen LogP contribution is 2.36. The molecule has 1 fully saturated rings. The van der Waals surface area contributed by atoms with Crippen molar-refractivity contribution in [3.8, 4) is 5.75 Å². The standard InChI is InChI=1S/C16H18F2N4O3/c1-22-13(7-23)20-21-15(22)8-3-9(4-8)19-16(24)14-11(17)5-10(25-2)6-12(14)18/h5-6,8-9,23H,3-4,7H2,1-2H3,(H,19,24). The predicted molar refractivity (Wildman–Crippen MR) is 83.1 cm³/mol. The smallest absolute Gasteiger partial charge is 0.257 e. The Labute approximate surface area is 142 Å². The summed E-state index contributed by atoms with van der Waals surface area (Å²) in [7, 11) is 3.05. The SMILES string of the molecule is COc1cc(F)c(C(=O)NC2CC(c3nnc(CO)n3C)C2)c(F)c1. The van der Waals surface area contributed by atoms with Crippen molar-refractivity contribution in [2.75, 3.05) is 7.11 Å². The lowest BCUT2D eigenvalue weighted by molar-refractivity contribution is 0.0898. The molecule has 9 heteroatoms. The second kappa shape index (κ2) is 6.75. The number of benzene rings is 1. The summed E-state index contributed by atoms with van der Waals surface area (Å²) in [6.45, 7) is -0.202. The molecule has 0 bridgehead atoms. The van der Waals surface area contributed by atoms with Crippen LogP contribution in [0.4, 0.5) is 8.78 Å². The van der Waals surface area contributed by atoms with Crippen LogP contribution in [-0.4, -0.2) is 38.9 Å². The number of aliphatic hydroxyl groups is 1. The van der Waals surface area contributed by atoms with Gasteiger partial charge in [-0.15, -0.1) is 10.2 Å². The third-order valence-electron chi connectivity index (χ3n) is 4.46. The summed E-state index contributed by atoms with van der Waals surface area (Å²) in [5, 5.41) is 19.7. The van der Waals surface area contributed by atoms with Crippen LogP contribution in [0.3, 0.4) is 0 Å². The van der Waals surface area contributed by atoms with Crippen LogP contribution in [-0.2, 0) is 13.7 Å². The topological polar surface area (TPSA) is 89.3 Å². The monoisotopic (exact) mass is 352 g/mol. The predicted octanol–water partition coefficient (Wildman–Crippen LogP) is 1.27. The van der Waals surface area contributed by atoms with Crippen molar-refractivity contribution in [1.82, 2.24) is 20.1 Å². The second-order valence-corrected chi connectivity index (χ2v) is 6.00. The molecule has 1 aliphatic rings. The molecule has 0 aliphatic heterocycles. The van der Waals surface area contributed by atoms with Gasteiger partial charge in [0.25, 0.3) is 5.91 Å². The normalized spacial score (nSPS) is 19.4. The molecule has 1 saturated carbocycles. The molecule has 1 amide bonds. The minimum atomic E-state index is -0.967. The van der Waals surface area contributed by atoms with Crippen molar-refractivity contribution in [1.29, 1.82) is 0 Å². The van der Waals surface area contributed by atoms with Gasteiger partial charge in [-0.25, -0.2) is 8.78 Å². The Balaban J connectivity index is 1.63. The maximum absolute atomic E-state index is 13.9. The third kappa shape index (κ3) is 3.19. The maximum atomic E-state index is 13.9. The second-order valence-electron chi connectivity index (χ2n) is 6.00. The summed E-state index contributed by atoms with van der Waals surface area (Å²) in [6.07, 6.45) is 1.17. The number of halogens is 2. The number of hydrogen-bond acceptors (Lipinski definition) is 5. The Morgan fingerprint density at radius 2 is 2.00 bits per heavy atom. The lowest BCUT2D eigenvalue weighted by Gasteiger charge is -2.35. The number of hydrogen-bond donors (Lipinski definition) is 2. The first-order valence-corrected chi connectivity index (χ1v) is 7.77. The van der Waals surface area contributed by atoms with Crippen molar-refractivity contribution in [3.05, 3.63) is 41.0 Å². The van der Waals surface area contributed by atoms with E-state index in [1.165, 1.54) is 7.11 Å². The van der Waals surface area contributed by atoms with Crippen LogP contribution in [0.1, 0.15) is 40.8 Å². The molecule has 0 spiro atoms. The molecular weight excluding hydrogens is 334 g/mol. The van der Waals surface area contributed by atoms with Crippen LogP contribution >= 0.6 is 0 Å². The molecular formula is C16H18F2N4O3. The molecule has 1 aliphatic carbocycles. The molecule has 2 N–H and O–H groups in total. The lowest BCUT2D eigenvalue weighted by atomic mass is 9.79. The first-order valence-electron chi connectivity index (χ1n) is 7.77. The van der Waals surface area contributed by atoms with Gasteiger partial charge >= 0.3 is 0 Å². The number of carbonyl (C=O) groups excluding carboxylic acids is 1. The molecule has 1 aromatic carbocycles. The van der Waals surface area contributed by atoms with Crippen molar-refractivity contribution in [2.24, 2.45) is 7.05 Å². The number of rotatable bonds is 5. The fourth-order valence-electron chi connectivity index (χ4n) is 2.96. The van der Waals surface area contributed by atoms with Gasteiger partial charge in [0, 0.05) is 31.1 Å². The summed E-state index contributed by atoms with van der Waals surface area (Å²) in [5.74, 6) is -1.46. The van der Waals surface area contributed by atoms with E-state index in [1.54, 1.807) is 11.6 Å². The zero-order valence-corrected chi connectivity index (χ0v) is 13.8. The molecule has 7 nitrogen and oxygen atoms in total. The Morgan fingerprint density at radius 3 is 2.52 bits per heavy atom. The van der Waals surface area contributed by atoms with Crippen LogP contribution in [0.5, 0.6) is 5.75 Å². The fourth-order valence-corrected chi connectivity index (χ4v) is 2.96. The number of nitrogens with zero attached hydrogens (tertiary/aromatic N) is 3. The number of methoxy groups -OCH3 is 1. The van der Waals surface area contributed by atoms with Gasteiger partial charge in [-0.2, -0.15) is 0 Å². The van der Waals surface area contributed by atoms with Crippen molar-refractivity contribution >= 4 is 5.91 Å². The summed E-state index contributed by atoms with van der Waals surface area (Å²) in [4.78, 5) is 12.2. The van der Waals surface area contributed by atoms with Crippen LogP contribution < -0.4 is 10.1 Å².